The molecule has 134 valence electrons. The van der Waals surface area contributed by atoms with Crippen LogP contribution in [0.5, 0.6) is 0 Å². The highest BCUT2D eigenvalue weighted by molar-refractivity contribution is 5.76. The van der Waals surface area contributed by atoms with Crippen molar-refractivity contribution in [1.82, 2.24) is 19.9 Å². The number of amides is 1. The van der Waals surface area contributed by atoms with E-state index < -0.39 is 0 Å². The number of methoxy groups -OCH3 is 1. The Morgan fingerprint density at radius 2 is 2.08 bits per heavy atom. The number of aromatic nitrogens is 2. The van der Waals surface area contributed by atoms with Gasteiger partial charge in [0.15, 0.2) is 5.82 Å². The molecule has 1 aromatic rings. The Balaban J connectivity index is 1.63. The molecule has 2 unspecified atom stereocenters. The molecule has 2 aliphatic heterocycles. The van der Waals surface area contributed by atoms with E-state index in [1.54, 1.807) is 7.11 Å². The first-order valence-corrected chi connectivity index (χ1v) is 9.06. The van der Waals surface area contributed by atoms with Crippen molar-refractivity contribution >= 4 is 5.91 Å². The third kappa shape index (κ3) is 3.78. The second kappa shape index (κ2) is 8.07. The van der Waals surface area contributed by atoms with Gasteiger partial charge in [0.2, 0.25) is 11.8 Å². The Morgan fingerprint density at radius 3 is 2.88 bits per heavy atom. The summed E-state index contributed by atoms with van der Waals surface area (Å²) in [7, 11) is 1.67. The van der Waals surface area contributed by atoms with Gasteiger partial charge in [0.05, 0.1) is 13.2 Å². The minimum atomic E-state index is 0.281. The zero-order valence-corrected chi connectivity index (χ0v) is 14.7. The molecule has 2 atom stereocenters. The van der Waals surface area contributed by atoms with Crippen LogP contribution in [0.15, 0.2) is 4.52 Å². The summed E-state index contributed by atoms with van der Waals surface area (Å²) in [5, 5.41) is 4.02. The first kappa shape index (κ1) is 17.4. The van der Waals surface area contributed by atoms with Crippen LogP contribution in [0.3, 0.4) is 0 Å². The van der Waals surface area contributed by atoms with Crippen LogP contribution in [-0.4, -0.2) is 64.7 Å². The molecule has 0 saturated carbocycles. The predicted octanol–water partition coefficient (Wildman–Crippen LogP) is 1.62. The topological polar surface area (TPSA) is 71.7 Å². The molecular weight excluding hydrogens is 308 g/mol. The molecule has 3 rings (SSSR count). The lowest BCUT2D eigenvalue weighted by Gasteiger charge is -2.34. The Bertz CT molecular complexity index is 548. The summed E-state index contributed by atoms with van der Waals surface area (Å²) in [6, 6.07) is 0.758. The highest BCUT2D eigenvalue weighted by Crippen LogP contribution is 2.31. The first-order valence-electron chi connectivity index (χ1n) is 9.06. The lowest BCUT2D eigenvalue weighted by Crippen LogP contribution is -2.47. The van der Waals surface area contributed by atoms with E-state index in [4.69, 9.17) is 9.26 Å². The molecule has 1 aromatic heterocycles. The van der Waals surface area contributed by atoms with Gasteiger partial charge in [-0.15, -0.1) is 0 Å². The summed E-state index contributed by atoms with van der Waals surface area (Å²) in [6.45, 7) is 5.16. The van der Waals surface area contributed by atoms with Gasteiger partial charge in [-0.1, -0.05) is 12.1 Å². The average Bonchev–Trinajstić information content (AvgIpc) is 3.32. The number of carbonyl (C=O) groups is 1. The molecule has 0 radical (unpaired) electrons. The van der Waals surface area contributed by atoms with Gasteiger partial charge in [0.1, 0.15) is 0 Å². The third-order valence-corrected chi connectivity index (χ3v) is 5.16. The van der Waals surface area contributed by atoms with Crippen LogP contribution in [0.25, 0.3) is 0 Å². The summed E-state index contributed by atoms with van der Waals surface area (Å²) in [5.41, 5.74) is 0. The Hall–Kier alpha value is -1.47. The molecule has 24 heavy (non-hydrogen) atoms. The molecule has 3 heterocycles. The van der Waals surface area contributed by atoms with Crippen molar-refractivity contribution in [3.63, 3.8) is 0 Å². The Morgan fingerprint density at radius 1 is 1.29 bits per heavy atom. The fourth-order valence-corrected chi connectivity index (χ4v) is 4.01. The van der Waals surface area contributed by atoms with Crippen LogP contribution in [0.4, 0.5) is 0 Å². The van der Waals surface area contributed by atoms with Gasteiger partial charge in [0, 0.05) is 38.6 Å². The number of carbonyl (C=O) groups excluding carboxylic acids is 1. The summed E-state index contributed by atoms with van der Waals surface area (Å²) in [4.78, 5) is 21.2. The number of hydrogen-bond donors (Lipinski definition) is 0. The zero-order valence-electron chi connectivity index (χ0n) is 14.7. The molecule has 7 nitrogen and oxygen atoms in total. The predicted molar refractivity (Wildman–Crippen MR) is 88.3 cm³/mol. The summed E-state index contributed by atoms with van der Waals surface area (Å²) in [6.07, 6.45) is 5.79. The molecule has 2 fully saturated rings. The van der Waals surface area contributed by atoms with Crippen molar-refractivity contribution in [2.45, 2.75) is 64.1 Å². The Kier molecular flexibility index (Phi) is 5.84. The van der Waals surface area contributed by atoms with E-state index in [9.17, 15) is 4.79 Å². The molecule has 0 N–H and O–H groups in total. The monoisotopic (exact) mass is 336 g/mol. The number of hydrogen-bond acceptors (Lipinski definition) is 6. The molecule has 0 aliphatic carbocycles. The lowest BCUT2D eigenvalue weighted by atomic mass is 10.0. The Labute approximate surface area is 143 Å². The second-order valence-electron chi connectivity index (χ2n) is 6.68. The third-order valence-electron chi connectivity index (χ3n) is 5.16. The minimum Gasteiger partial charge on any atom is -0.384 e. The zero-order chi connectivity index (χ0) is 16.9. The van der Waals surface area contributed by atoms with E-state index in [1.807, 2.05) is 6.92 Å². The fraction of sp³-hybridized carbons (Fsp3) is 0.824. The quantitative estimate of drug-likeness (QED) is 0.753. The van der Waals surface area contributed by atoms with E-state index in [1.165, 1.54) is 6.42 Å². The average molecular weight is 336 g/mol. The number of nitrogens with zero attached hydrogens (tertiary/aromatic N) is 4. The molecule has 7 heteroatoms. The van der Waals surface area contributed by atoms with Gasteiger partial charge < -0.3 is 14.2 Å². The van der Waals surface area contributed by atoms with E-state index >= 15 is 0 Å². The summed E-state index contributed by atoms with van der Waals surface area (Å²) < 4.78 is 10.4. The molecular formula is C17H28N4O3. The minimum absolute atomic E-state index is 0.281. The van der Waals surface area contributed by atoms with Gasteiger partial charge in [-0.05, 0) is 32.2 Å². The van der Waals surface area contributed by atoms with Gasteiger partial charge in [0.25, 0.3) is 0 Å². The fourth-order valence-electron chi connectivity index (χ4n) is 4.01. The number of ether oxygens (including phenoxy) is 1. The molecule has 0 spiro atoms. The van der Waals surface area contributed by atoms with E-state index in [0.717, 1.165) is 32.4 Å². The van der Waals surface area contributed by atoms with Gasteiger partial charge in [-0.3, -0.25) is 9.69 Å². The number of likely N-dealkylation sites (tertiary alicyclic amines) is 2. The maximum absolute atomic E-state index is 12.2. The molecule has 2 saturated heterocycles. The van der Waals surface area contributed by atoms with E-state index in [2.05, 4.69) is 19.9 Å². The van der Waals surface area contributed by atoms with Crippen LogP contribution in [0.2, 0.25) is 0 Å². The van der Waals surface area contributed by atoms with E-state index in [0.29, 0.717) is 49.8 Å². The van der Waals surface area contributed by atoms with E-state index in [-0.39, 0.29) is 5.91 Å². The summed E-state index contributed by atoms with van der Waals surface area (Å²) in [5.74, 6) is 1.65. The lowest BCUT2D eigenvalue weighted by molar-refractivity contribution is -0.132. The van der Waals surface area contributed by atoms with Crippen LogP contribution < -0.4 is 0 Å². The smallest absolute Gasteiger partial charge is 0.240 e. The van der Waals surface area contributed by atoms with Crippen LogP contribution in [0, 0.1) is 0 Å². The van der Waals surface area contributed by atoms with Crippen molar-refractivity contribution in [2.24, 2.45) is 0 Å². The number of rotatable bonds is 7. The largest absolute Gasteiger partial charge is 0.384 e. The highest BCUT2D eigenvalue weighted by Gasteiger charge is 2.39. The van der Waals surface area contributed by atoms with Crippen LogP contribution >= 0.6 is 0 Å². The maximum Gasteiger partial charge on any atom is 0.240 e. The second-order valence-corrected chi connectivity index (χ2v) is 6.68. The van der Waals surface area contributed by atoms with Crippen molar-refractivity contribution in [2.75, 3.05) is 26.8 Å². The van der Waals surface area contributed by atoms with Gasteiger partial charge in [-0.25, -0.2) is 0 Å². The first-order chi connectivity index (χ1) is 11.7. The van der Waals surface area contributed by atoms with Crippen molar-refractivity contribution in [3.8, 4) is 0 Å². The normalized spacial score (nSPS) is 24.8. The SMILES string of the molecule is CCC(=O)N1CCCC1C1CCCN1Cc1nc(CCOC)no1. The molecule has 2 aliphatic rings. The molecule has 0 aromatic carbocycles. The van der Waals surface area contributed by atoms with Gasteiger partial charge >= 0.3 is 0 Å². The van der Waals surface area contributed by atoms with Crippen molar-refractivity contribution in [3.05, 3.63) is 11.7 Å². The highest BCUT2D eigenvalue weighted by atomic mass is 16.5. The van der Waals surface area contributed by atoms with Crippen LogP contribution in [-0.2, 0) is 22.5 Å². The standard InChI is InChI=1S/C17H28N4O3/c1-3-17(22)21-10-5-7-14(21)13-6-4-9-20(13)12-16-18-15(19-24-16)8-11-23-2/h13-14H,3-12H2,1-2H3. The van der Waals surface area contributed by atoms with Crippen molar-refractivity contribution in [1.29, 1.82) is 0 Å². The maximum atomic E-state index is 12.2. The molecule has 1 amide bonds. The van der Waals surface area contributed by atoms with Crippen LogP contribution in [0.1, 0.15) is 50.7 Å². The summed E-state index contributed by atoms with van der Waals surface area (Å²) >= 11 is 0. The molecule has 0 bridgehead atoms. The van der Waals surface area contributed by atoms with Gasteiger partial charge in [-0.2, -0.15) is 4.98 Å². The van der Waals surface area contributed by atoms with Crippen molar-refractivity contribution < 1.29 is 14.1 Å².